The number of aliphatic imine (C=N–C) groups is 1. The number of nitrogens with zero attached hydrogens (tertiary/aromatic N) is 2. The first-order chi connectivity index (χ1) is 12.0. The van der Waals surface area contributed by atoms with E-state index >= 15 is 0 Å². The third kappa shape index (κ3) is 5.57. The molecule has 2 aromatic rings. The second kappa shape index (κ2) is 9.18. The lowest BCUT2D eigenvalue weighted by Crippen LogP contribution is -2.39. The molecule has 0 atom stereocenters. The number of aromatic hydroxyl groups is 1. The molecule has 2 rings (SSSR count). The van der Waals surface area contributed by atoms with Gasteiger partial charge in [-0.15, -0.1) is 0 Å². The average molecular weight is 362 g/mol. The molecular formula is C19H24ClN3O2. The van der Waals surface area contributed by atoms with E-state index in [0.717, 1.165) is 22.1 Å². The van der Waals surface area contributed by atoms with Crippen LogP contribution in [-0.4, -0.2) is 43.7 Å². The number of hydrogen-bond donors (Lipinski definition) is 2. The van der Waals surface area contributed by atoms with Crippen molar-refractivity contribution in [1.82, 2.24) is 10.2 Å². The van der Waals surface area contributed by atoms with Gasteiger partial charge in [-0.1, -0.05) is 29.8 Å². The number of rotatable bonds is 6. The van der Waals surface area contributed by atoms with Crippen LogP contribution in [0.1, 0.15) is 11.1 Å². The van der Waals surface area contributed by atoms with E-state index in [0.29, 0.717) is 25.3 Å². The first-order valence-electron chi connectivity index (χ1n) is 8.05. The van der Waals surface area contributed by atoms with Crippen LogP contribution in [0.5, 0.6) is 11.5 Å². The van der Waals surface area contributed by atoms with Gasteiger partial charge in [0.15, 0.2) is 5.96 Å². The molecule has 0 saturated carbocycles. The number of guanidine groups is 1. The maximum atomic E-state index is 10.0. The van der Waals surface area contributed by atoms with Crippen molar-refractivity contribution in [3.8, 4) is 11.5 Å². The highest BCUT2D eigenvalue weighted by atomic mass is 35.5. The second-order valence-corrected chi connectivity index (χ2v) is 6.14. The van der Waals surface area contributed by atoms with E-state index in [2.05, 4.69) is 10.3 Å². The summed E-state index contributed by atoms with van der Waals surface area (Å²) in [6.07, 6.45) is 0.680. The fourth-order valence-corrected chi connectivity index (χ4v) is 2.77. The molecule has 2 aromatic carbocycles. The van der Waals surface area contributed by atoms with Crippen LogP contribution >= 0.6 is 11.6 Å². The molecule has 0 aromatic heterocycles. The van der Waals surface area contributed by atoms with Crippen molar-refractivity contribution in [2.75, 3.05) is 27.7 Å². The highest BCUT2D eigenvalue weighted by Gasteiger charge is 2.08. The molecule has 2 N–H and O–H groups in total. The van der Waals surface area contributed by atoms with Crippen molar-refractivity contribution in [3.63, 3.8) is 0 Å². The lowest BCUT2D eigenvalue weighted by Gasteiger charge is -2.22. The van der Waals surface area contributed by atoms with E-state index in [-0.39, 0.29) is 5.75 Å². The number of halogens is 1. The fraction of sp³-hybridized carbons (Fsp3) is 0.316. The third-order valence-electron chi connectivity index (χ3n) is 3.85. The minimum absolute atomic E-state index is 0.239. The van der Waals surface area contributed by atoms with E-state index in [1.165, 1.54) is 0 Å². The Morgan fingerprint density at radius 1 is 1.28 bits per heavy atom. The Morgan fingerprint density at radius 3 is 2.72 bits per heavy atom. The molecule has 0 aliphatic carbocycles. The largest absolute Gasteiger partial charge is 0.508 e. The van der Waals surface area contributed by atoms with Crippen molar-refractivity contribution in [2.24, 2.45) is 4.99 Å². The molecule has 0 saturated heterocycles. The molecule has 0 bridgehead atoms. The van der Waals surface area contributed by atoms with Gasteiger partial charge in [-0.3, -0.25) is 4.99 Å². The molecule has 6 heteroatoms. The predicted molar refractivity (Wildman–Crippen MR) is 103 cm³/mol. The number of ether oxygens (including phenoxy) is 1. The topological polar surface area (TPSA) is 57.1 Å². The van der Waals surface area contributed by atoms with Crippen LogP contribution in [-0.2, 0) is 13.0 Å². The van der Waals surface area contributed by atoms with E-state index in [1.807, 2.05) is 48.3 Å². The SMILES string of the molecule is CN=C(NCCc1ccc(OC)cc1O)N(C)Cc1cccc(Cl)c1. The zero-order valence-electron chi connectivity index (χ0n) is 14.8. The average Bonchev–Trinajstić information content (AvgIpc) is 2.59. The van der Waals surface area contributed by atoms with E-state index in [1.54, 1.807) is 20.2 Å². The van der Waals surface area contributed by atoms with Crippen LogP contribution in [0.15, 0.2) is 47.5 Å². The standard InChI is InChI=1S/C19H24ClN3O2/c1-21-19(23(2)13-14-5-4-6-16(20)11-14)22-10-9-15-7-8-17(25-3)12-18(15)24/h4-8,11-12,24H,9-10,13H2,1-3H3,(H,21,22). The van der Waals surface area contributed by atoms with Gasteiger partial charge >= 0.3 is 0 Å². The molecule has 25 heavy (non-hydrogen) atoms. The van der Waals surface area contributed by atoms with Gasteiger partial charge in [-0.25, -0.2) is 0 Å². The van der Waals surface area contributed by atoms with Gasteiger partial charge in [0.05, 0.1) is 7.11 Å². The van der Waals surface area contributed by atoms with Gasteiger partial charge in [0, 0.05) is 38.3 Å². The monoisotopic (exact) mass is 361 g/mol. The van der Waals surface area contributed by atoms with Crippen molar-refractivity contribution in [3.05, 3.63) is 58.6 Å². The highest BCUT2D eigenvalue weighted by Crippen LogP contribution is 2.23. The molecule has 0 amide bonds. The Balaban J connectivity index is 1.89. The molecule has 134 valence electrons. The van der Waals surface area contributed by atoms with Crippen LogP contribution in [0.2, 0.25) is 5.02 Å². The zero-order valence-corrected chi connectivity index (χ0v) is 15.5. The molecule has 0 spiro atoms. The maximum absolute atomic E-state index is 10.0. The normalized spacial score (nSPS) is 11.3. The molecule has 0 radical (unpaired) electrons. The summed E-state index contributed by atoms with van der Waals surface area (Å²) in [5, 5.41) is 14.0. The summed E-state index contributed by atoms with van der Waals surface area (Å²) in [5.41, 5.74) is 1.98. The Morgan fingerprint density at radius 2 is 2.08 bits per heavy atom. The Hall–Kier alpha value is -2.40. The van der Waals surface area contributed by atoms with Crippen LogP contribution in [0.25, 0.3) is 0 Å². The van der Waals surface area contributed by atoms with Gasteiger partial charge < -0.3 is 20.1 Å². The molecule has 0 aliphatic heterocycles. The summed E-state index contributed by atoms with van der Waals surface area (Å²) in [6.45, 7) is 1.36. The summed E-state index contributed by atoms with van der Waals surface area (Å²) >= 11 is 6.03. The van der Waals surface area contributed by atoms with Crippen molar-refractivity contribution in [1.29, 1.82) is 0 Å². The van der Waals surface area contributed by atoms with Crippen molar-refractivity contribution >= 4 is 17.6 Å². The molecular weight excluding hydrogens is 338 g/mol. The van der Waals surface area contributed by atoms with Crippen LogP contribution in [0.3, 0.4) is 0 Å². The number of phenolic OH excluding ortho intramolecular Hbond substituents is 1. The lowest BCUT2D eigenvalue weighted by atomic mass is 10.1. The zero-order chi connectivity index (χ0) is 18.2. The first-order valence-corrected chi connectivity index (χ1v) is 8.43. The lowest BCUT2D eigenvalue weighted by molar-refractivity contribution is 0.406. The summed E-state index contributed by atoms with van der Waals surface area (Å²) in [4.78, 5) is 6.33. The molecule has 5 nitrogen and oxygen atoms in total. The van der Waals surface area contributed by atoms with E-state index in [4.69, 9.17) is 16.3 Å². The number of phenols is 1. The molecule has 0 fully saturated rings. The van der Waals surface area contributed by atoms with Gasteiger partial charge in [0.25, 0.3) is 0 Å². The molecule has 0 heterocycles. The molecule has 0 unspecified atom stereocenters. The third-order valence-corrected chi connectivity index (χ3v) is 4.09. The van der Waals surface area contributed by atoms with Gasteiger partial charge in [-0.05, 0) is 35.7 Å². The number of nitrogens with one attached hydrogen (secondary N) is 1. The minimum Gasteiger partial charge on any atom is -0.508 e. The Bertz CT molecular complexity index is 734. The van der Waals surface area contributed by atoms with Crippen molar-refractivity contribution < 1.29 is 9.84 Å². The van der Waals surface area contributed by atoms with Gasteiger partial charge in [0.2, 0.25) is 0 Å². The fourth-order valence-electron chi connectivity index (χ4n) is 2.56. The number of methoxy groups -OCH3 is 1. The summed E-state index contributed by atoms with van der Waals surface area (Å²) in [7, 11) is 5.30. The number of benzene rings is 2. The maximum Gasteiger partial charge on any atom is 0.193 e. The summed E-state index contributed by atoms with van der Waals surface area (Å²) < 4.78 is 5.10. The minimum atomic E-state index is 0.239. The summed E-state index contributed by atoms with van der Waals surface area (Å²) in [5.74, 6) is 1.67. The van der Waals surface area contributed by atoms with E-state index in [9.17, 15) is 5.11 Å². The molecule has 0 aliphatic rings. The quantitative estimate of drug-likeness (QED) is 0.612. The van der Waals surface area contributed by atoms with Crippen LogP contribution in [0, 0.1) is 0 Å². The Kier molecular flexibility index (Phi) is 6.95. The van der Waals surface area contributed by atoms with Crippen molar-refractivity contribution in [2.45, 2.75) is 13.0 Å². The van der Waals surface area contributed by atoms with E-state index < -0.39 is 0 Å². The van der Waals surface area contributed by atoms with Crippen LogP contribution in [0.4, 0.5) is 0 Å². The number of hydrogen-bond acceptors (Lipinski definition) is 3. The van der Waals surface area contributed by atoms with Crippen LogP contribution < -0.4 is 10.1 Å². The predicted octanol–water partition coefficient (Wildman–Crippen LogP) is 3.30. The first kappa shape index (κ1) is 18.9. The Labute approximate surface area is 153 Å². The highest BCUT2D eigenvalue weighted by molar-refractivity contribution is 6.30. The van der Waals surface area contributed by atoms with Gasteiger partial charge in [0.1, 0.15) is 11.5 Å². The van der Waals surface area contributed by atoms with Gasteiger partial charge in [-0.2, -0.15) is 0 Å². The second-order valence-electron chi connectivity index (χ2n) is 5.70. The summed E-state index contributed by atoms with van der Waals surface area (Å²) in [6, 6.07) is 13.1. The smallest absolute Gasteiger partial charge is 0.193 e.